The highest BCUT2D eigenvalue weighted by atomic mass is 32.2. The van der Waals surface area contributed by atoms with Crippen LogP contribution in [0.3, 0.4) is 0 Å². The molecule has 7 nitrogen and oxygen atoms in total. The Hall–Kier alpha value is -2.89. The summed E-state index contributed by atoms with van der Waals surface area (Å²) in [5.41, 5.74) is 2.08. The van der Waals surface area contributed by atoms with Crippen LogP contribution in [0.25, 0.3) is 0 Å². The van der Waals surface area contributed by atoms with Gasteiger partial charge in [0, 0.05) is 41.7 Å². The van der Waals surface area contributed by atoms with Crippen LogP contribution in [0.5, 0.6) is 5.88 Å². The Kier molecular flexibility index (Phi) is 8.34. The van der Waals surface area contributed by atoms with Crippen LogP contribution < -0.4 is 10.1 Å². The molecule has 0 saturated carbocycles. The number of nitrogens with zero attached hydrogens (tertiary/aromatic N) is 2. The quantitative estimate of drug-likeness (QED) is 0.512. The van der Waals surface area contributed by atoms with Crippen molar-refractivity contribution < 1.29 is 18.2 Å². The molecule has 0 spiro atoms. The number of ether oxygens (including phenoxy) is 1. The SMILES string of the molecule is O=C(CS(=O)Cc1ccco1)NCC1C#CC(COc2cc(CN3CCCCC3)ccn2)=C1. The number of rotatable bonds is 11. The van der Waals surface area contributed by atoms with E-state index in [0.717, 1.165) is 25.2 Å². The van der Waals surface area contributed by atoms with Gasteiger partial charge in [-0.3, -0.25) is 13.9 Å². The van der Waals surface area contributed by atoms with Crippen molar-refractivity contribution >= 4 is 16.7 Å². The molecule has 2 aromatic rings. The van der Waals surface area contributed by atoms with E-state index in [1.165, 1.54) is 31.1 Å². The monoisotopic (exact) mass is 467 g/mol. The van der Waals surface area contributed by atoms with Crippen molar-refractivity contribution in [3.05, 3.63) is 59.7 Å². The molecule has 2 atom stereocenters. The van der Waals surface area contributed by atoms with Crippen molar-refractivity contribution in [1.82, 2.24) is 15.2 Å². The van der Waals surface area contributed by atoms with Crippen molar-refractivity contribution in [3.63, 3.8) is 0 Å². The first kappa shape index (κ1) is 23.3. The van der Waals surface area contributed by atoms with Gasteiger partial charge in [0.2, 0.25) is 11.8 Å². The smallest absolute Gasteiger partial charge is 0.232 e. The Bertz CT molecular complexity index is 1050. The van der Waals surface area contributed by atoms with Crippen molar-refractivity contribution in [2.24, 2.45) is 5.92 Å². The van der Waals surface area contributed by atoms with E-state index >= 15 is 0 Å². The highest BCUT2D eigenvalue weighted by Gasteiger charge is 2.15. The van der Waals surface area contributed by atoms with Gasteiger partial charge in [0.05, 0.1) is 17.9 Å². The molecule has 2 aromatic heterocycles. The summed E-state index contributed by atoms with van der Waals surface area (Å²) in [5.74, 6) is 7.23. The normalized spacial score (nSPS) is 18.8. The molecule has 1 amide bonds. The molecule has 0 radical (unpaired) electrons. The van der Waals surface area contributed by atoms with Crippen LogP contribution in [-0.4, -0.2) is 52.0 Å². The fourth-order valence-corrected chi connectivity index (χ4v) is 4.86. The molecule has 174 valence electrons. The van der Waals surface area contributed by atoms with Crippen LogP contribution in [0.15, 0.2) is 52.8 Å². The lowest BCUT2D eigenvalue weighted by molar-refractivity contribution is -0.118. The molecular formula is C25H29N3O4S. The molecule has 2 aliphatic rings. The molecule has 1 N–H and O–H groups in total. The highest BCUT2D eigenvalue weighted by molar-refractivity contribution is 7.84. The van der Waals surface area contributed by atoms with E-state index < -0.39 is 10.8 Å². The summed E-state index contributed by atoms with van der Waals surface area (Å²) in [5, 5.41) is 2.81. The Morgan fingerprint density at radius 3 is 3.00 bits per heavy atom. The molecule has 1 aliphatic carbocycles. The molecule has 0 bridgehead atoms. The van der Waals surface area contributed by atoms with Gasteiger partial charge in [-0.05, 0) is 49.7 Å². The molecular weight excluding hydrogens is 438 g/mol. The van der Waals surface area contributed by atoms with Crippen LogP contribution in [0, 0.1) is 17.8 Å². The zero-order chi connectivity index (χ0) is 22.9. The van der Waals surface area contributed by atoms with Gasteiger partial charge >= 0.3 is 0 Å². The molecule has 33 heavy (non-hydrogen) atoms. The molecule has 3 heterocycles. The minimum Gasteiger partial charge on any atom is -0.472 e. The van der Waals surface area contributed by atoms with E-state index in [1.54, 1.807) is 18.3 Å². The number of furan rings is 1. The third-order valence-corrected chi connectivity index (χ3v) is 6.74. The largest absolute Gasteiger partial charge is 0.472 e. The Labute approximate surface area is 197 Å². The van der Waals surface area contributed by atoms with E-state index in [1.807, 2.05) is 18.2 Å². The van der Waals surface area contributed by atoms with E-state index in [2.05, 4.69) is 27.0 Å². The summed E-state index contributed by atoms with van der Waals surface area (Å²) in [6, 6.07) is 7.52. The van der Waals surface area contributed by atoms with Gasteiger partial charge in [0.25, 0.3) is 0 Å². The van der Waals surface area contributed by atoms with Crippen LogP contribution >= 0.6 is 0 Å². The molecule has 8 heteroatoms. The Morgan fingerprint density at radius 1 is 1.30 bits per heavy atom. The maximum atomic E-state index is 12.1. The first-order chi connectivity index (χ1) is 16.1. The number of hydrogen-bond donors (Lipinski definition) is 1. The molecule has 1 saturated heterocycles. The predicted molar refractivity (Wildman–Crippen MR) is 127 cm³/mol. The fourth-order valence-electron chi connectivity index (χ4n) is 3.89. The maximum Gasteiger partial charge on any atom is 0.232 e. The van der Waals surface area contributed by atoms with Crippen LogP contribution in [0.4, 0.5) is 0 Å². The summed E-state index contributed by atoms with van der Waals surface area (Å²) in [7, 11) is -1.31. The average molecular weight is 468 g/mol. The number of amides is 1. The van der Waals surface area contributed by atoms with E-state index in [9.17, 15) is 9.00 Å². The second-order valence-corrected chi connectivity index (χ2v) is 9.76. The first-order valence-corrected chi connectivity index (χ1v) is 12.8. The standard InChI is InChI=1S/C25H29N3O4S/c29-24(19-33(30)18-23-5-4-12-31-23)27-15-20-6-7-22(13-20)17-32-25-14-21(8-9-26-25)16-28-10-2-1-3-11-28/h4-5,8-9,12-14,20H,1-3,10-11,15-19H2,(H,27,29). The summed E-state index contributed by atoms with van der Waals surface area (Å²) >= 11 is 0. The predicted octanol–water partition coefficient (Wildman–Crippen LogP) is 2.66. The Morgan fingerprint density at radius 2 is 2.18 bits per heavy atom. The van der Waals surface area contributed by atoms with Crippen molar-refractivity contribution in [1.29, 1.82) is 0 Å². The number of likely N-dealkylation sites (tertiary alicyclic amines) is 1. The van der Waals surface area contributed by atoms with E-state index in [0.29, 0.717) is 24.8 Å². The number of carbonyl (C=O) groups excluding carboxylic acids is 1. The molecule has 0 aromatic carbocycles. The van der Waals surface area contributed by atoms with Crippen LogP contribution in [-0.2, 0) is 27.9 Å². The van der Waals surface area contributed by atoms with Gasteiger partial charge in [0.1, 0.15) is 18.1 Å². The number of pyridine rings is 1. The van der Waals surface area contributed by atoms with Crippen LogP contribution in [0.2, 0.25) is 0 Å². The summed E-state index contributed by atoms with van der Waals surface area (Å²) in [4.78, 5) is 18.9. The number of aromatic nitrogens is 1. The zero-order valence-corrected chi connectivity index (χ0v) is 19.4. The van der Waals surface area contributed by atoms with Crippen molar-refractivity contribution in [3.8, 4) is 17.7 Å². The second kappa shape index (κ2) is 11.8. The second-order valence-electron chi connectivity index (χ2n) is 8.31. The lowest BCUT2D eigenvalue weighted by Crippen LogP contribution is -2.32. The zero-order valence-electron chi connectivity index (χ0n) is 18.6. The summed E-state index contributed by atoms with van der Waals surface area (Å²) in [6.45, 7) is 3.97. The molecule has 1 fully saturated rings. The molecule has 1 aliphatic heterocycles. The van der Waals surface area contributed by atoms with Gasteiger partial charge in [-0.15, -0.1) is 0 Å². The summed E-state index contributed by atoms with van der Waals surface area (Å²) < 4.78 is 23.1. The van der Waals surface area contributed by atoms with Crippen molar-refractivity contribution in [2.45, 2.75) is 31.6 Å². The maximum absolute atomic E-state index is 12.1. The fraction of sp³-hybridized carbons (Fsp3) is 0.440. The number of carbonyl (C=O) groups is 1. The van der Waals surface area contributed by atoms with Gasteiger partial charge in [-0.25, -0.2) is 4.98 Å². The van der Waals surface area contributed by atoms with Gasteiger partial charge < -0.3 is 14.5 Å². The number of hydrogen-bond acceptors (Lipinski definition) is 6. The third-order valence-electron chi connectivity index (χ3n) is 5.54. The molecule has 4 rings (SSSR count). The Balaban J connectivity index is 1.17. The van der Waals surface area contributed by atoms with Gasteiger partial charge in [-0.1, -0.05) is 24.3 Å². The van der Waals surface area contributed by atoms with E-state index in [4.69, 9.17) is 9.15 Å². The highest BCUT2D eigenvalue weighted by Crippen LogP contribution is 2.17. The minimum atomic E-state index is -1.31. The van der Waals surface area contributed by atoms with Gasteiger partial charge in [-0.2, -0.15) is 0 Å². The van der Waals surface area contributed by atoms with E-state index in [-0.39, 0.29) is 23.3 Å². The number of nitrogens with one attached hydrogen (secondary N) is 1. The first-order valence-electron chi connectivity index (χ1n) is 11.3. The van der Waals surface area contributed by atoms with Crippen LogP contribution in [0.1, 0.15) is 30.6 Å². The number of piperidine rings is 1. The molecule has 2 unspecified atom stereocenters. The summed E-state index contributed by atoms with van der Waals surface area (Å²) in [6.07, 6.45) is 9.15. The lowest BCUT2D eigenvalue weighted by atomic mass is 10.1. The third kappa shape index (κ3) is 7.58. The van der Waals surface area contributed by atoms with Crippen molar-refractivity contribution in [2.75, 3.05) is 32.0 Å². The average Bonchev–Trinajstić information content (AvgIpc) is 3.49. The van der Waals surface area contributed by atoms with Gasteiger partial charge in [0.15, 0.2) is 0 Å². The topological polar surface area (TPSA) is 84.7 Å². The minimum absolute atomic E-state index is 0.0556. The lowest BCUT2D eigenvalue weighted by Gasteiger charge is -2.26.